The fraction of sp³-hybridized carbons (Fsp3) is 0.250. The second kappa shape index (κ2) is 8.19. The second-order valence-electron chi connectivity index (χ2n) is 6.10. The number of aromatic nitrogens is 1. The van der Waals surface area contributed by atoms with E-state index in [0.29, 0.717) is 6.10 Å². The van der Waals surface area contributed by atoms with Gasteiger partial charge in [0, 0.05) is 17.3 Å². The van der Waals surface area contributed by atoms with Crippen LogP contribution in [0.15, 0.2) is 60.8 Å². The summed E-state index contributed by atoms with van der Waals surface area (Å²) in [4.78, 5) is 4.49. The molecule has 0 amide bonds. The van der Waals surface area contributed by atoms with Crippen molar-refractivity contribution in [3.05, 3.63) is 60.8 Å². The van der Waals surface area contributed by atoms with E-state index >= 15 is 0 Å². The van der Waals surface area contributed by atoms with Crippen LogP contribution in [0.5, 0.6) is 5.75 Å². The Kier molecular flexibility index (Phi) is 5.74. The Morgan fingerprint density at radius 1 is 1.00 bits per heavy atom. The number of piperidine rings is 1. The Morgan fingerprint density at radius 3 is 2.60 bits per heavy atom. The summed E-state index contributed by atoms with van der Waals surface area (Å²) in [5.41, 5.74) is 1.03. The van der Waals surface area contributed by atoms with Gasteiger partial charge in [-0.25, -0.2) is 4.98 Å². The largest absolute Gasteiger partial charge is 0.490 e. The maximum atomic E-state index is 6.14. The lowest BCUT2D eigenvalue weighted by atomic mass is 10.1. The maximum Gasteiger partial charge on any atom is 0.138 e. The molecule has 2 aromatic carbocycles. The minimum atomic E-state index is 0. The summed E-state index contributed by atoms with van der Waals surface area (Å²) in [5, 5.41) is 8.98. The van der Waals surface area contributed by atoms with Crippen LogP contribution in [-0.4, -0.2) is 24.2 Å². The lowest BCUT2D eigenvalue weighted by Crippen LogP contribution is -2.34. The third-order valence-electron chi connectivity index (χ3n) is 4.36. The van der Waals surface area contributed by atoms with Crippen molar-refractivity contribution in [2.24, 2.45) is 0 Å². The lowest BCUT2D eigenvalue weighted by molar-refractivity contribution is 0.162. The predicted molar refractivity (Wildman–Crippen MR) is 105 cm³/mol. The SMILES string of the molecule is Cl.c1ccc(Nc2nccc3cc(OC4CCNCC4)ccc23)cc1. The van der Waals surface area contributed by atoms with E-state index in [-0.39, 0.29) is 12.4 Å². The number of pyridine rings is 1. The molecule has 2 heterocycles. The topological polar surface area (TPSA) is 46.2 Å². The number of halogens is 1. The zero-order valence-electron chi connectivity index (χ0n) is 13.9. The molecule has 4 nitrogen and oxygen atoms in total. The highest BCUT2D eigenvalue weighted by Gasteiger charge is 2.14. The molecule has 1 saturated heterocycles. The molecule has 0 aliphatic carbocycles. The van der Waals surface area contributed by atoms with Crippen LogP contribution in [-0.2, 0) is 0 Å². The Morgan fingerprint density at radius 2 is 1.80 bits per heavy atom. The summed E-state index contributed by atoms with van der Waals surface area (Å²) in [5.74, 6) is 1.80. The Labute approximate surface area is 154 Å². The molecule has 25 heavy (non-hydrogen) atoms. The van der Waals surface area contributed by atoms with Crippen LogP contribution < -0.4 is 15.4 Å². The number of nitrogens with one attached hydrogen (secondary N) is 2. The third kappa shape index (κ3) is 4.21. The molecular weight excluding hydrogens is 334 g/mol. The molecular formula is C20H22ClN3O. The number of ether oxygens (including phenoxy) is 1. The summed E-state index contributed by atoms with van der Waals surface area (Å²) in [6.07, 6.45) is 4.28. The van der Waals surface area contributed by atoms with Crippen molar-refractivity contribution in [3.8, 4) is 5.75 Å². The molecule has 1 aliphatic heterocycles. The average molecular weight is 356 g/mol. The van der Waals surface area contributed by atoms with Crippen LogP contribution in [0.25, 0.3) is 10.8 Å². The van der Waals surface area contributed by atoms with Gasteiger partial charge in [-0.05, 0) is 67.7 Å². The van der Waals surface area contributed by atoms with Gasteiger partial charge in [0.25, 0.3) is 0 Å². The number of benzene rings is 2. The first-order valence-electron chi connectivity index (χ1n) is 8.47. The van der Waals surface area contributed by atoms with E-state index in [9.17, 15) is 0 Å². The van der Waals surface area contributed by atoms with E-state index in [2.05, 4.69) is 27.8 Å². The van der Waals surface area contributed by atoms with Gasteiger partial charge in [-0.15, -0.1) is 12.4 Å². The maximum absolute atomic E-state index is 6.14. The molecule has 1 aliphatic rings. The molecule has 1 fully saturated rings. The van der Waals surface area contributed by atoms with Crippen LogP contribution in [0.3, 0.4) is 0 Å². The molecule has 0 saturated carbocycles. The van der Waals surface area contributed by atoms with Gasteiger partial charge in [-0.3, -0.25) is 0 Å². The second-order valence-corrected chi connectivity index (χ2v) is 6.10. The predicted octanol–water partition coefficient (Wildman–Crippen LogP) is 4.53. The van der Waals surface area contributed by atoms with E-state index in [4.69, 9.17) is 4.74 Å². The fourth-order valence-corrected chi connectivity index (χ4v) is 3.09. The smallest absolute Gasteiger partial charge is 0.138 e. The van der Waals surface area contributed by atoms with Crippen LogP contribution in [0.1, 0.15) is 12.8 Å². The van der Waals surface area contributed by atoms with Crippen molar-refractivity contribution in [2.75, 3.05) is 18.4 Å². The van der Waals surface area contributed by atoms with E-state index in [1.807, 2.05) is 48.7 Å². The van der Waals surface area contributed by atoms with Gasteiger partial charge in [0.15, 0.2) is 0 Å². The molecule has 0 radical (unpaired) electrons. The summed E-state index contributed by atoms with van der Waals surface area (Å²) < 4.78 is 6.14. The number of nitrogens with zero attached hydrogens (tertiary/aromatic N) is 1. The van der Waals surface area contributed by atoms with Crippen molar-refractivity contribution >= 4 is 34.7 Å². The summed E-state index contributed by atoms with van der Waals surface area (Å²) in [6, 6.07) is 18.4. The lowest BCUT2D eigenvalue weighted by Gasteiger charge is -2.24. The van der Waals surface area contributed by atoms with Crippen molar-refractivity contribution in [2.45, 2.75) is 18.9 Å². The standard InChI is InChI=1S/C20H21N3O.ClH/c1-2-4-16(5-3-1)23-20-19-7-6-18(14-15(19)8-13-22-20)24-17-9-11-21-12-10-17;/h1-8,13-14,17,21H,9-12H2,(H,22,23);1H. The average Bonchev–Trinajstić information content (AvgIpc) is 2.63. The first-order valence-corrected chi connectivity index (χ1v) is 8.47. The van der Waals surface area contributed by atoms with E-state index in [1.165, 1.54) is 0 Å². The molecule has 0 unspecified atom stereocenters. The van der Waals surface area contributed by atoms with Gasteiger partial charge in [0.05, 0.1) is 0 Å². The fourth-order valence-electron chi connectivity index (χ4n) is 3.09. The molecule has 3 aromatic rings. The number of hydrogen-bond acceptors (Lipinski definition) is 4. The third-order valence-corrected chi connectivity index (χ3v) is 4.36. The van der Waals surface area contributed by atoms with Crippen LogP contribution >= 0.6 is 12.4 Å². The Bertz CT molecular complexity index is 820. The molecule has 0 spiro atoms. The number of fused-ring (bicyclic) bond motifs is 1. The Hall–Kier alpha value is -2.30. The zero-order chi connectivity index (χ0) is 16.2. The van der Waals surface area contributed by atoms with Gasteiger partial charge in [0.2, 0.25) is 0 Å². The number of anilines is 2. The van der Waals surface area contributed by atoms with Crippen molar-refractivity contribution in [1.82, 2.24) is 10.3 Å². The van der Waals surface area contributed by atoms with Crippen molar-refractivity contribution < 1.29 is 4.74 Å². The molecule has 130 valence electrons. The minimum absolute atomic E-state index is 0. The van der Waals surface area contributed by atoms with E-state index < -0.39 is 0 Å². The van der Waals surface area contributed by atoms with Gasteiger partial charge in [0.1, 0.15) is 17.7 Å². The summed E-state index contributed by atoms with van der Waals surface area (Å²) in [6.45, 7) is 2.07. The highest BCUT2D eigenvalue weighted by Crippen LogP contribution is 2.28. The van der Waals surface area contributed by atoms with Gasteiger partial charge in [-0.2, -0.15) is 0 Å². The normalized spacial score (nSPS) is 14.7. The minimum Gasteiger partial charge on any atom is -0.490 e. The summed E-state index contributed by atoms with van der Waals surface area (Å²) >= 11 is 0. The van der Waals surface area contributed by atoms with Crippen molar-refractivity contribution in [1.29, 1.82) is 0 Å². The van der Waals surface area contributed by atoms with Crippen LogP contribution in [0.2, 0.25) is 0 Å². The van der Waals surface area contributed by atoms with Crippen molar-refractivity contribution in [3.63, 3.8) is 0 Å². The van der Waals surface area contributed by atoms with Gasteiger partial charge in [-0.1, -0.05) is 18.2 Å². The molecule has 4 rings (SSSR count). The Balaban J connectivity index is 0.00000182. The van der Waals surface area contributed by atoms with Crippen LogP contribution in [0, 0.1) is 0 Å². The zero-order valence-corrected chi connectivity index (χ0v) is 14.8. The number of rotatable bonds is 4. The monoisotopic (exact) mass is 355 g/mol. The molecule has 1 aromatic heterocycles. The molecule has 2 N–H and O–H groups in total. The van der Waals surface area contributed by atoms with Gasteiger partial charge < -0.3 is 15.4 Å². The van der Waals surface area contributed by atoms with Crippen LogP contribution in [0.4, 0.5) is 11.5 Å². The van der Waals surface area contributed by atoms with E-state index in [1.54, 1.807) is 0 Å². The first-order chi connectivity index (χ1) is 11.9. The highest BCUT2D eigenvalue weighted by atomic mass is 35.5. The molecule has 0 atom stereocenters. The van der Waals surface area contributed by atoms with E-state index in [0.717, 1.165) is 54.0 Å². The molecule has 0 bridgehead atoms. The molecule has 5 heteroatoms. The quantitative estimate of drug-likeness (QED) is 0.721. The number of hydrogen-bond donors (Lipinski definition) is 2. The highest BCUT2D eigenvalue weighted by molar-refractivity contribution is 5.94. The first kappa shape index (κ1) is 17.5. The summed E-state index contributed by atoms with van der Waals surface area (Å²) in [7, 11) is 0. The number of para-hydroxylation sites is 1. The van der Waals surface area contributed by atoms with Gasteiger partial charge >= 0.3 is 0 Å².